The molecule has 7 heteroatoms. The first kappa shape index (κ1) is 21.0. The summed E-state index contributed by atoms with van der Waals surface area (Å²) in [7, 11) is 8.74. The van der Waals surface area contributed by atoms with E-state index in [1.165, 1.54) is 10.5 Å². The van der Waals surface area contributed by atoms with Gasteiger partial charge in [0.15, 0.2) is 23.0 Å². The van der Waals surface area contributed by atoms with Crippen molar-refractivity contribution in [3.05, 3.63) is 53.0 Å². The molecule has 1 unspecified atom stereocenters. The minimum atomic E-state index is 0.706. The molecular weight excluding hydrogens is 388 g/mol. The number of methoxy groups -OCH3 is 4. The van der Waals surface area contributed by atoms with Crippen molar-refractivity contribution in [1.29, 1.82) is 0 Å². The average Bonchev–Trinajstić information content (AvgIpc) is 3.21. The minimum Gasteiger partial charge on any atom is -0.493 e. The number of thiazole rings is 1. The maximum absolute atomic E-state index is 5.40. The molecule has 2 aromatic carbocycles. The molecule has 0 aliphatic rings. The molecule has 29 heavy (non-hydrogen) atoms. The van der Waals surface area contributed by atoms with Crippen molar-refractivity contribution in [1.82, 2.24) is 4.98 Å². The highest BCUT2D eigenvalue weighted by molar-refractivity contribution is 7.13. The largest absolute Gasteiger partial charge is 0.493 e. The maximum Gasteiger partial charge on any atom is 0.161 e. The van der Waals surface area contributed by atoms with Gasteiger partial charge < -0.3 is 23.8 Å². The summed E-state index contributed by atoms with van der Waals surface area (Å²) < 4.78 is 21.4. The third-order valence-electron chi connectivity index (χ3n) is 4.62. The van der Waals surface area contributed by atoms with E-state index in [1.54, 1.807) is 39.8 Å². The van der Waals surface area contributed by atoms with Crippen molar-refractivity contribution in [2.45, 2.75) is 13.1 Å². The second kappa shape index (κ2) is 9.62. The van der Waals surface area contributed by atoms with Crippen molar-refractivity contribution in [3.63, 3.8) is 0 Å². The topological polar surface area (TPSA) is 54.2 Å². The maximum atomic E-state index is 5.40. The fourth-order valence-electron chi connectivity index (χ4n) is 3.20. The predicted molar refractivity (Wildman–Crippen MR) is 114 cm³/mol. The Balaban J connectivity index is 1.68. The van der Waals surface area contributed by atoms with Gasteiger partial charge in [0.25, 0.3) is 0 Å². The van der Waals surface area contributed by atoms with Gasteiger partial charge >= 0.3 is 0 Å². The van der Waals surface area contributed by atoms with Crippen LogP contribution in [-0.2, 0) is 13.1 Å². The van der Waals surface area contributed by atoms with E-state index in [9.17, 15) is 0 Å². The van der Waals surface area contributed by atoms with Crippen LogP contribution in [0.25, 0.3) is 10.6 Å². The van der Waals surface area contributed by atoms with E-state index in [2.05, 4.69) is 18.5 Å². The summed E-state index contributed by atoms with van der Waals surface area (Å²) in [6, 6.07) is 11.9. The molecule has 6 nitrogen and oxygen atoms in total. The molecule has 0 saturated heterocycles. The Morgan fingerprint density at radius 1 is 0.793 bits per heavy atom. The van der Waals surface area contributed by atoms with Gasteiger partial charge in [-0.1, -0.05) is 0 Å². The normalized spacial score (nSPS) is 11.8. The van der Waals surface area contributed by atoms with E-state index in [0.717, 1.165) is 40.9 Å². The zero-order chi connectivity index (χ0) is 20.8. The quantitative estimate of drug-likeness (QED) is 0.582. The van der Waals surface area contributed by atoms with Crippen LogP contribution in [0.15, 0.2) is 41.8 Å². The first-order valence-electron chi connectivity index (χ1n) is 9.27. The molecule has 0 spiro atoms. The molecular formula is C22H27N2O4S+. The van der Waals surface area contributed by atoms with Crippen LogP contribution in [0.4, 0.5) is 0 Å². The Hall–Kier alpha value is -2.77. The summed E-state index contributed by atoms with van der Waals surface area (Å²) in [4.78, 5) is 6.15. The van der Waals surface area contributed by atoms with Crippen LogP contribution in [0.2, 0.25) is 0 Å². The molecule has 0 aliphatic carbocycles. The fraction of sp³-hybridized carbons (Fsp3) is 0.318. The lowest BCUT2D eigenvalue weighted by atomic mass is 10.2. The molecule has 1 atom stereocenters. The van der Waals surface area contributed by atoms with E-state index in [0.29, 0.717) is 11.5 Å². The summed E-state index contributed by atoms with van der Waals surface area (Å²) in [5, 5.41) is 3.09. The molecule has 1 N–H and O–H groups in total. The molecule has 0 amide bonds. The second-order valence-corrected chi connectivity index (χ2v) is 7.57. The van der Waals surface area contributed by atoms with E-state index >= 15 is 0 Å². The third kappa shape index (κ3) is 4.99. The average molecular weight is 416 g/mol. The Morgan fingerprint density at radius 2 is 1.41 bits per heavy atom. The molecule has 154 valence electrons. The number of benzene rings is 2. The van der Waals surface area contributed by atoms with E-state index in [4.69, 9.17) is 23.9 Å². The first-order valence-corrected chi connectivity index (χ1v) is 10.1. The third-order valence-corrected chi connectivity index (χ3v) is 5.56. The number of hydrogen-bond donors (Lipinski definition) is 1. The first-order chi connectivity index (χ1) is 14.1. The molecule has 0 aliphatic heterocycles. The van der Waals surface area contributed by atoms with Gasteiger partial charge in [-0.2, -0.15) is 0 Å². The van der Waals surface area contributed by atoms with Crippen molar-refractivity contribution in [2.75, 3.05) is 35.5 Å². The molecule has 3 aromatic rings. The van der Waals surface area contributed by atoms with Gasteiger partial charge in [-0.25, -0.2) is 4.98 Å². The van der Waals surface area contributed by atoms with Crippen molar-refractivity contribution < 1.29 is 23.8 Å². The summed E-state index contributed by atoms with van der Waals surface area (Å²) in [6.07, 6.45) is 0. The van der Waals surface area contributed by atoms with Crippen LogP contribution >= 0.6 is 11.3 Å². The van der Waals surface area contributed by atoms with Crippen molar-refractivity contribution in [3.8, 4) is 33.6 Å². The minimum absolute atomic E-state index is 0.706. The van der Waals surface area contributed by atoms with E-state index < -0.39 is 0 Å². The number of nitrogens with one attached hydrogen (secondary N) is 1. The number of hydrogen-bond acceptors (Lipinski definition) is 6. The highest BCUT2D eigenvalue weighted by Gasteiger charge is 2.13. The summed E-state index contributed by atoms with van der Waals surface area (Å²) in [5.74, 6) is 2.92. The SMILES string of the molecule is COc1ccc(C[NH+](C)Cc2csc(-c3ccc(OC)c(OC)c3)n2)cc1OC. The Kier molecular flexibility index (Phi) is 6.95. The van der Waals surface area contributed by atoms with Crippen LogP contribution in [0.3, 0.4) is 0 Å². The highest BCUT2D eigenvalue weighted by atomic mass is 32.1. The second-order valence-electron chi connectivity index (χ2n) is 6.71. The van der Waals surface area contributed by atoms with Crippen molar-refractivity contribution in [2.24, 2.45) is 0 Å². The monoisotopic (exact) mass is 415 g/mol. The zero-order valence-electron chi connectivity index (χ0n) is 17.4. The predicted octanol–water partition coefficient (Wildman–Crippen LogP) is 3.06. The van der Waals surface area contributed by atoms with Crippen LogP contribution in [-0.4, -0.2) is 40.5 Å². The molecule has 0 fully saturated rings. The Labute approximate surface area is 175 Å². The number of ether oxygens (including phenoxy) is 4. The van der Waals surface area contributed by atoms with Gasteiger partial charge in [0, 0.05) is 16.5 Å². The van der Waals surface area contributed by atoms with Gasteiger partial charge in [-0.3, -0.25) is 0 Å². The van der Waals surface area contributed by atoms with Crippen LogP contribution < -0.4 is 23.8 Å². The number of aromatic nitrogens is 1. The molecule has 1 aromatic heterocycles. The number of quaternary nitrogens is 1. The summed E-state index contributed by atoms with van der Waals surface area (Å²) in [5.41, 5.74) is 3.28. The van der Waals surface area contributed by atoms with Gasteiger partial charge in [0.2, 0.25) is 0 Å². The molecule has 0 radical (unpaired) electrons. The number of rotatable bonds is 9. The Bertz CT molecular complexity index is 958. The van der Waals surface area contributed by atoms with Crippen LogP contribution in [0.5, 0.6) is 23.0 Å². The van der Waals surface area contributed by atoms with E-state index in [1.807, 2.05) is 30.3 Å². The van der Waals surface area contributed by atoms with Crippen LogP contribution in [0, 0.1) is 0 Å². The molecule has 0 saturated carbocycles. The van der Waals surface area contributed by atoms with Gasteiger partial charge in [0.1, 0.15) is 23.8 Å². The Morgan fingerprint density at radius 3 is 2.07 bits per heavy atom. The van der Waals surface area contributed by atoms with Gasteiger partial charge in [-0.05, 0) is 36.4 Å². The lowest BCUT2D eigenvalue weighted by Gasteiger charge is -2.14. The highest BCUT2D eigenvalue weighted by Crippen LogP contribution is 2.33. The molecule has 0 bridgehead atoms. The standard InChI is InChI=1S/C22H26N2O4S/c1-24(12-15-6-8-18(25-2)20(10-15)27-4)13-17-14-29-22(23-17)16-7-9-19(26-3)21(11-16)28-5/h6-11,14H,12-13H2,1-5H3/p+1. The van der Waals surface area contributed by atoms with Crippen molar-refractivity contribution >= 4 is 11.3 Å². The fourth-order valence-corrected chi connectivity index (χ4v) is 4.02. The lowest BCUT2D eigenvalue weighted by molar-refractivity contribution is -0.908. The smallest absolute Gasteiger partial charge is 0.161 e. The summed E-state index contributed by atoms with van der Waals surface area (Å²) >= 11 is 1.64. The van der Waals surface area contributed by atoms with Gasteiger partial charge in [-0.15, -0.1) is 11.3 Å². The zero-order valence-corrected chi connectivity index (χ0v) is 18.3. The van der Waals surface area contributed by atoms with Gasteiger partial charge in [0.05, 0.1) is 35.5 Å². The lowest BCUT2D eigenvalue weighted by Crippen LogP contribution is -3.06. The number of nitrogens with zero attached hydrogens (tertiary/aromatic N) is 1. The summed E-state index contributed by atoms with van der Waals surface area (Å²) in [6.45, 7) is 1.70. The van der Waals surface area contributed by atoms with E-state index in [-0.39, 0.29) is 0 Å². The molecule has 3 rings (SSSR count). The van der Waals surface area contributed by atoms with Crippen LogP contribution in [0.1, 0.15) is 11.3 Å². The molecule has 1 heterocycles.